The molecular weight excluding hydrogens is 192 g/mol. The molecule has 1 rings (SSSR count). The summed E-state index contributed by atoms with van der Waals surface area (Å²) in [5.74, 6) is -0.544. The molecule has 1 heterocycles. The van der Waals surface area contributed by atoms with E-state index >= 15 is 0 Å². The molecule has 0 fully saturated rings. The van der Waals surface area contributed by atoms with Crippen LogP contribution < -0.4 is 11.1 Å². The average Bonchev–Trinajstić information content (AvgIpc) is 2.04. The number of rotatable bonds is 2. The van der Waals surface area contributed by atoms with Crippen LogP contribution in [0.15, 0.2) is 23.4 Å². The van der Waals surface area contributed by atoms with Gasteiger partial charge in [0, 0.05) is 11.2 Å². The summed E-state index contributed by atoms with van der Waals surface area (Å²) in [5, 5.41) is 3.08. The normalized spacial score (nSPS) is 26.2. The number of allylic oxidation sites excluding steroid dienone is 2. The molecule has 0 aliphatic carbocycles. The molecule has 0 spiro atoms. The van der Waals surface area contributed by atoms with E-state index in [1.165, 1.54) is 12.3 Å². The molecule has 72 valence electrons. The lowest BCUT2D eigenvalue weighted by atomic mass is 10.1. The molecule has 0 bridgehead atoms. The van der Waals surface area contributed by atoms with E-state index in [1.807, 2.05) is 0 Å². The Balaban J connectivity index is 2.77. The van der Waals surface area contributed by atoms with Crippen molar-refractivity contribution >= 4 is 17.6 Å². The Kier molecular flexibility index (Phi) is 2.95. The van der Waals surface area contributed by atoms with E-state index in [1.54, 1.807) is 13.0 Å². The van der Waals surface area contributed by atoms with Gasteiger partial charge in [0.2, 0.25) is 5.66 Å². The zero-order valence-electron chi connectivity index (χ0n) is 7.21. The minimum atomic E-state index is -1.33. The van der Waals surface area contributed by atoms with E-state index in [0.717, 1.165) is 0 Å². The van der Waals surface area contributed by atoms with Gasteiger partial charge in [0.15, 0.2) is 0 Å². The van der Waals surface area contributed by atoms with Gasteiger partial charge in [0.1, 0.15) is 0 Å². The summed E-state index contributed by atoms with van der Waals surface area (Å²) in [6.45, 7) is 2.00. The number of carbonyl (C=O) groups excluding carboxylic acids is 1. The van der Waals surface area contributed by atoms with Gasteiger partial charge in [-0.05, 0) is 19.1 Å². The van der Waals surface area contributed by atoms with Crippen molar-refractivity contribution in [2.75, 3.05) is 6.61 Å². The molecule has 0 aromatic carbocycles. The van der Waals surface area contributed by atoms with Crippen molar-refractivity contribution in [1.82, 2.24) is 5.32 Å². The molecule has 0 aromatic rings. The van der Waals surface area contributed by atoms with Gasteiger partial charge in [0.25, 0.3) is 0 Å². The van der Waals surface area contributed by atoms with Crippen LogP contribution in [0.4, 0.5) is 0 Å². The van der Waals surface area contributed by atoms with E-state index in [9.17, 15) is 4.79 Å². The third-order valence-corrected chi connectivity index (χ3v) is 1.78. The Morgan fingerprint density at radius 1 is 1.85 bits per heavy atom. The molecule has 1 aliphatic rings. The molecule has 3 N–H and O–H groups in total. The monoisotopic (exact) mass is 202 g/mol. The topological polar surface area (TPSA) is 64.3 Å². The molecule has 1 unspecified atom stereocenters. The smallest absolute Gasteiger partial charge is 0.351 e. The van der Waals surface area contributed by atoms with Gasteiger partial charge in [-0.15, -0.1) is 0 Å². The lowest BCUT2D eigenvalue weighted by molar-refractivity contribution is -0.148. The first kappa shape index (κ1) is 10.1. The highest BCUT2D eigenvalue weighted by molar-refractivity contribution is 6.31. The minimum Gasteiger partial charge on any atom is -0.463 e. The molecule has 0 radical (unpaired) electrons. The van der Waals surface area contributed by atoms with Crippen molar-refractivity contribution < 1.29 is 9.53 Å². The minimum absolute atomic E-state index is 0.286. The van der Waals surface area contributed by atoms with E-state index in [-0.39, 0.29) is 6.61 Å². The summed E-state index contributed by atoms with van der Waals surface area (Å²) in [5.41, 5.74) is 4.35. The molecule has 1 aliphatic heterocycles. The third kappa shape index (κ3) is 2.23. The van der Waals surface area contributed by atoms with Gasteiger partial charge in [-0.1, -0.05) is 11.6 Å². The predicted molar refractivity (Wildman–Crippen MR) is 49.8 cm³/mol. The maximum atomic E-state index is 11.3. The molecular formula is C8H11ClN2O2. The quantitative estimate of drug-likeness (QED) is 0.638. The fraction of sp³-hybridized carbons (Fsp3) is 0.375. The van der Waals surface area contributed by atoms with Crippen molar-refractivity contribution in [2.24, 2.45) is 5.73 Å². The highest BCUT2D eigenvalue weighted by Gasteiger charge is 2.33. The molecule has 13 heavy (non-hydrogen) atoms. The Morgan fingerprint density at radius 2 is 2.54 bits per heavy atom. The first-order valence-corrected chi connectivity index (χ1v) is 4.25. The van der Waals surface area contributed by atoms with Crippen LogP contribution in [-0.4, -0.2) is 18.2 Å². The van der Waals surface area contributed by atoms with Crippen LogP contribution in [0.5, 0.6) is 0 Å². The lowest BCUT2D eigenvalue weighted by Gasteiger charge is -2.26. The van der Waals surface area contributed by atoms with Crippen molar-refractivity contribution in [3.8, 4) is 0 Å². The van der Waals surface area contributed by atoms with Gasteiger partial charge in [-0.3, -0.25) is 5.73 Å². The SMILES string of the molecule is CCOC(=O)C1(N)C=C(Cl)C=CN1. The Bertz CT molecular complexity index is 275. The van der Waals surface area contributed by atoms with E-state index < -0.39 is 11.6 Å². The molecule has 5 heteroatoms. The Hall–Kier alpha value is -1.00. The Labute approximate surface area is 81.4 Å². The third-order valence-electron chi connectivity index (χ3n) is 1.54. The Morgan fingerprint density at radius 3 is 3.08 bits per heavy atom. The number of dihydropyridines is 1. The lowest BCUT2D eigenvalue weighted by Crippen LogP contribution is -2.58. The summed E-state index contributed by atoms with van der Waals surface area (Å²) < 4.78 is 4.77. The summed E-state index contributed by atoms with van der Waals surface area (Å²) in [6.07, 6.45) is 4.53. The highest BCUT2D eigenvalue weighted by Crippen LogP contribution is 2.14. The van der Waals surface area contributed by atoms with Crippen LogP contribution in [0.1, 0.15) is 6.92 Å². The van der Waals surface area contributed by atoms with Gasteiger partial charge >= 0.3 is 5.97 Å². The number of halogens is 1. The highest BCUT2D eigenvalue weighted by atomic mass is 35.5. The predicted octanol–water partition coefficient (Wildman–Crippen LogP) is 0.444. The fourth-order valence-electron chi connectivity index (χ4n) is 0.935. The van der Waals surface area contributed by atoms with Crippen LogP contribution in [0.25, 0.3) is 0 Å². The molecule has 0 saturated heterocycles. The number of hydrogen-bond donors (Lipinski definition) is 2. The zero-order chi connectivity index (χ0) is 9.90. The number of nitrogens with one attached hydrogen (secondary N) is 1. The molecule has 4 nitrogen and oxygen atoms in total. The van der Waals surface area contributed by atoms with Crippen LogP contribution in [-0.2, 0) is 9.53 Å². The van der Waals surface area contributed by atoms with Crippen LogP contribution in [0, 0.1) is 0 Å². The van der Waals surface area contributed by atoms with Crippen LogP contribution in [0.3, 0.4) is 0 Å². The number of nitrogens with two attached hydrogens (primary N) is 1. The first-order valence-electron chi connectivity index (χ1n) is 3.87. The van der Waals surface area contributed by atoms with Crippen LogP contribution in [0.2, 0.25) is 0 Å². The largest absolute Gasteiger partial charge is 0.463 e. The molecule has 0 saturated carbocycles. The standard InChI is InChI=1S/C8H11ClN2O2/c1-2-13-7(12)8(10)5-6(9)3-4-11-8/h3-5,11H,2,10H2,1H3. The number of carbonyl (C=O) groups is 1. The molecule has 0 aromatic heterocycles. The summed E-state index contributed by atoms with van der Waals surface area (Å²) in [7, 11) is 0. The maximum absolute atomic E-state index is 11.3. The second-order valence-electron chi connectivity index (χ2n) is 2.60. The van der Waals surface area contributed by atoms with Gasteiger partial charge in [0.05, 0.1) is 6.61 Å². The maximum Gasteiger partial charge on any atom is 0.351 e. The first-order chi connectivity index (χ1) is 6.08. The van der Waals surface area contributed by atoms with Crippen LogP contribution >= 0.6 is 11.6 Å². The molecule has 1 atom stereocenters. The fourth-order valence-corrected chi connectivity index (χ4v) is 1.17. The number of esters is 1. The second-order valence-corrected chi connectivity index (χ2v) is 3.03. The van der Waals surface area contributed by atoms with E-state index in [2.05, 4.69) is 5.32 Å². The van der Waals surface area contributed by atoms with Crippen molar-refractivity contribution in [3.05, 3.63) is 23.4 Å². The number of ether oxygens (including phenoxy) is 1. The van der Waals surface area contributed by atoms with E-state index in [0.29, 0.717) is 5.03 Å². The summed E-state index contributed by atoms with van der Waals surface area (Å²) in [6, 6.07) is 0. The average molecular weight is 203 g/mol. The van der Waals surface area contributed by atoms with Crippen molar-refractivity contribution in [2.45, 2.75) is 12.6 Å². The zero-order valence-corrected chi connectivity index (χ0v) is 7.97. The van der Waals surface area contributed by atoms with Crippen molar-refractivity contribution in [3.63, 3.8) is 0 Å². The summed E-state index contributed by atoms with van der Waals surface area (Å²) >= 11 is 5.69. The van der Waals surface area contributed by atoms with Gasteiger partial charge < -0.3 is 10.1 Å². The van der Waals surface area contributed by atoms with Gasteiger partial charge in [-0.2, -0.15) is 0 Å². The van der Waals surface area contributed by atoms with E-state index in [4.69, 9.17) is 22.1 Å². The second kappa shape index (κ2) is 3.81. The number of hydrogen-bond acceptors (Lipinski definition) is 4. The van der Waals surface area contributed by atoms with Crippen molar-refractivity contribution in [1.29, 1.82) is 0 Å². The molecule has 0 amide bonds. The van der Waals surface area contributed by atoms with Gasteiger partial charge in [-0.25, -0.2) is 4.79 Å². The summed E-state index contributed by atoms with van der Waals surface area (Å²) in [4.78, 5) is 11.3.